The Morgan fingerprint density at radius 1 is 1.18 bits per heavy atom. The van der Waals surface area contributed by atoms with Crippen molar-refractivity contribution >= 4 is 0 Å². The molecule has 0 bridgehead atoms. The maximum absolute atomic E-state index is 11.1. The highest BCUT2D eigenvalue weighted by molar-refractivity contribution is 5.54. The lowest BCUT2D eigenvalue weighted by atomic mass is 9.71. The molecule has 1 heterocycles. The van der Waals surface area contributed by atoms with Crippen LogP contribution in [0.15, 0.2) is 23.8 Å². The Balaban J connectivity index is 1.97. The van der Waals surface area contributed by atoms with Crippen LogP contribution in [0.1, 0.15) is 110 Å². The molecule has 0 aromatic heterocycles. The Morgan fingerprint density at radius 3 is 2.64 bits per heavy atom. The maximum atomic E-state index is 11.1. The van der Waals surface area contributed by atoms with Crippen molar-refractivity contribution in [1.82, 2.24) is 0 Å². The van der Waals surface area contributed by atoms with Crippen LogP contribution in [0.3, 0.4) is 0 Å². The maximum Gasteiger partial charge on any atom is 0.127 e. The molecule has 2 atom stereocenters. The second kappa shape index (κ2) is 8.13. The van der Waals surface area contributed by atoms with Crippen LogP contribution in [0, 0.1) is 5.92 Å². The van der Waals surface area contributed by atoms with Gasteiger partial charge in [-0.3, -0.25) is 0 Å². The molecule has 0 saturated carbocycles. The fraction of sp³-hybridized carbons (Fsp3) is 0.692. The van der Waals surface area contributed by atoms with Gasteiger partial charge in [-0.25, -0.2) is 0 Å². The van der Waals surface area contributed by atoms with E-state index in [0.717, 1.165) is 30.6 Å². The Kier molecular flexibility index (Phi) is 6.17. The molecule has 1 aromatic carbocycles. The molecule has 0 fully saturated rings. The van der Waals surface area contributed by atoms with Crippen LogP contribution in [0.4, 0.5) is 0 Å². The second-order valence-corrected chi connectivity index (χ2v) is 10.3. The molecule has 1 aliphatic carbocycles. The van der Waals surface area contributed by atoms with Crippen molar-refractivity contribution in [1.29, 1.82) is 0 Å². The molecule has 0 spiro atoms. The van der Waals surface area contributed by atoms with E-state index in [1.54, 1.807) is 0 Å². The Morgan fingerprint density at radius 2 is 1.93 bits per heavy atom. The molecule has 1 aromatic rings. The molecule has 0 radical (unpaired) electrons. The van der Waals surface area contributed by atoms with E-state index in [0.29, 0.717) is 11.7 Å². The van der Waals surface area contributed by atoms with Gasteiger partial charge in [0.2, 0.25) is 0 Å². The molecule has 2 heteroatoms. The lowest BCUT2D eigenvalue weighted by Gasteiger charge is -2.44. The monoisotopic (exact) mass is 384 g/mol. The summed E-state index contributed by atoms with van der Waals surface area (Å²) in [4.78, 5) is 0. The molecular formula is C26H40O2. The Labute approximate surface area is 172 Å². The topological polar surface area (TPSA) is 29.5 Å². The predicted octanol–water partition coefficient (Wildman–Crippen LogP) is 7.64. The summed E-state index contributed by atoms with van der Waals surface area (Å²) in [5.41, 5.74) is 3.48. The third-order valence-electron chi connectivity index (χ3n) is 7.14. The highest BCUT2D eigenvalue weighted by Gasteiger charge is 2.45. The van der Waals surface area contributed by atoms with Crippen LogP contribution in [-0.2, 0) is 5.41 Å². The summed E-state index contributed by atoms with van der Waals surface area (Å²) < 4.78 is 6.55. The quantitative estimate of drug-likeness (QED) is 0.403. The van der Waals surface area contributed by atoms with Crippen molar-refractivity contribution in [2.24, 2.45) is 5.92 Å². The normalized spacial score (nSPS) is 23.9. The van der Waals surface area contributed by atoms with Crippen LogP contribution < -0.4 is 4.74 Å². The van der Waals surface area contributed by atoms with Gasteiger partial charge in [-0.15, -0.1) is 0 Å². The van der Waals surface area contributed by atoms with Crippen LogP contribution in [0.25, 0.3) is 0 Å². The average molecular weight is 385 g/mol. The molecular weight excluding hydrogens is 344 g/mol. The zero-order chi connectivity index (χ0) is 20.5. The lowest BCUT2D eigenvalue weighted by molar-refractivity contribution is 0.0134. The van der Waals surface area contributed by atoms with Crippen molar-refractivity contribution in [3.8, 4) is 11.5 Å². The van der Waals surface area contributed by atoms with E-state index in [1.165, 1.54) is 43.2 Å². The first-order valence-electron chi connectivity index (χ1n) is 11.4. The number of unbranched alkanes of at least 4 members (excludes halogenated alkanes) is 3. The average Bonchev–Trinajstić information content (AvgIpc) is 2.80. The molecule has 28 heavy (non-hydrogen) atoms. The van der Waals surface area contributed by atoms with Crippen LogP contribution >= 0.6 is 0 Å². The van der Waals surface area contributed by atoms with E-state index >= 15 is 0 Å². The number of rotatable bonds is 6. The summed E-state index contributed by atoms with van der Waals surface area (Å²) in [7, 11) is 0. The van der Waals surface area contributed by atoms with Gasteiger partial charge in [-0.1, -0.05) is 58.1 Å². The van der Waals surface area contributed by atoms with Crippen molar-refractivity contribution < 1.29 is 9.84 Å². The summed E-state index contributed by atoms with van der Waals surface area (Å²) in [6.07, 6.45) is 12.1. The van der Waals surface area contributed by atoms with Gasteiger partial charge in [0, 0.05) is 17.4 Å². The van der Waals surface area contributed by atoms with Gasteiger partial charge in [0.25, 0.3) is 0 Å². The summed E-state index contributed by atoms with van der Waals surface area (Å²) in [6.45, 7) is 13.5. The first kappa shape index (κ1) is 21.3. The minimum atomic E-state index is -0.213. The number of hydrogen-bond acceptors (Lipinski definition) is 2. The van der Waals surface area contributed by atoms with Crippen molar-refractivity contribution in [3.63, 3.8) is 0 Å². The molecule has 2 nitrogen and oxygen atoms in total. The van der Waals surface area contributed by atoms with Gasteiger partial charge in [0.05, 0.1) is 0 Å². The lowest BCUT2D eigenvalue weighted by Crippen LogP contribution is -2.44. The number of fused-ring (bicyclic) bond motifs is 3. The number of allylic oxidation sites excluding steroid dienone is 2. The van der Waals surface area contributed by atoms with E-state index in [1.807, 2.05) is 6.07 Å². The van der Waals surface area contributed by atoms with Crippen molar-refractivity contribution in [2.75, 3.05) is 0 Å². The first-order valence-corrected chi connectivity index (χ1v) is 11.4. The largest absolute Gasteiger partial charge is 0.507 e. The third-order valence-corrected chi connectivity index (χ3v) is 7.14. The van der Waals surface area contributed by atoms with Crippen LogP contribution in [0.2, 0.25) is 0 Å². The molecule has 0 unspecified atom stereocenters. The van der Waals surface area contributed by atoms with Gasteiger partial charge in [-0.05, 0) is 69.6 Å². The minimum Gasteiger partial charge on any atom is -0.507 e. The van der Waals surface area contributed by atoms with Gasteiger partial charge >= 0.3 is 0 Å². The summed E-state index contributed by atoms with van der Waals surface area (Å²) in [5, 5.41) is 11.1. The first-order chi connectivity index (χ1) is 13.2. The second-order valence-electron chi connectivity index (χ2n) is 10.3. The molecule has 2 aliphatic rings. The fourth-order valence-corrected chi connectivity index (χ4v) is 5.27. The van der Waals surface area contributed by atoms with Crippen LogP contribution in [0.5, 0.6) is 11.5 Å². The number of phenols is 1. The third kappa shape index (κ3) is 4.26. The van der Waals surface area contributed by atoms with Gasteiger partial charge in [0.1, 0.15) is 17.1 Å². The van der Waals surface area contributed by atoms with Crippen molar-refractivity contribution in [2.45, 2.75) is 110 Å². The number of benzene rings is 1. The smallest absolute Gasteiger partial charge is 0.127 e. The number of hydrogen-bond donors (Lipinski definition) is 1. The SMILES string of the molecule is CCCCCCC(C)(C)c1cc(O)c2c(c1)OC(C)(C)[C@@H]1CCCC(C)=C[C@@H]21. The van der Waals surface area contributed by atoms with Gasteiger partial charge < -0.3 is 9.84 Å². The fourth-order valence-electron chi connectivity index (χ4n) is 5.27. The zero-order valence-electron chi connectivity index (χ0n) is 18.9. The number of ether oxygens (including phenoxy) is 1. The van der Waals surface area contributed by atoms with E-state index in [4.69, 9.17) is 4.74 Å². The summed E-state index contributed by atoms with van der Waals surface area (Å²) in [5.74, 6) is 1.98. The molecule has 0 amide bonds. The minimum absolute atomic E-state index is 0.0415. The summed E-state index contributed by atoms with van der Waals surface area (Å²) in [6, 6.07) is 4.24. The van der Waals surface area contributed by atoms with E-state index in [-0.39, 0.29) is 16.9 Å². The van der Waals surface area contributed by atoms with Crippen molar-refractivity contribution in [3.05, 3.63) is 34.9 Å². The standard InChI is InChI=1S/C26H40O2/c1-7-8-9-10-14-25(3,4)19-16-22(27)24-20-15-18(2)12-11-13-21(20)26(5,6)28-23(24)17-19/h15-17,20-21,27H,7-14H2,1-6H3/t20-,21-/m1/s1. The van der Waals surface area contributed by atoms with E-state index < -0.39 is 0 Å². The summed E-state index contributed by atoms with van der Waals surface area (Å²) >= 11 is 0. The Hall–Kier alpha value is -1.44. The molecule has 156 valence electrons. The van der Waals surface area contributed by atoms with Crippen LogP contribution in [-0.4, -0.2) is 10.7 Å². The molecule has 3 rings (SSSR count). The number of aromatic hydroxyl groups is 1. The molecule has 0 saturated heterocycles. The number of phenolic OH excluding ortho intramolecular Hbond substituents is 1. The van der Waals surface area contributed by atoms with E-state index in [9.17, 15) is 5.11 Å². The highest BCUT2D eigenvalue weighted by atomic mass is 16.5. The highest BCUT2D eigenvalue weighted by Crippen LogP contribution is 2.53. The zero-order valence-corrected chi connectivity index (χ0v) is 18.9. The predicted molar refractivity (Wildman–Crippen MR) is 118 cm³/mol. The van der Waals surface area contributed by atoms with E-state index in [2.05, 4.69) is 53.7 Å². The molecule has 1 aliphatic heterocycles. The van der Waals surface area contributed by atoms with Gasteiger partial charge in [0.15, 0.2) is 0 Å². The Bertz CT molecular complexity index is 726. The van der Waals surface area contributed by atoms with Gasteiger partial charge in [-0.2, -0.15) is 0 Å². The molecule has 1 N–H and O–H groups in total.